The van der Waals surface area contributed by atoms with Crippen LogP contribution in [-0.2, 0) is 4.79 Å². The summed E-state index contributed by atoms with van der Waals surface area (Å²) in [6.07, 6.45) is 7.73. The summed E-state index contributed by atoms with van der Waals surface area (Å²) < 4.78 is 0. The van der Waals surface area contributed by atoms with Gasteiger partial charge in [0, 0.05) is 23.6 Å². The Hall–Kier alpha value is -1.74. The van der Waals surface area contributed by atoms with Crippen molar-refractivity contribution >= 4 is 17.7 Å². The largest absolute Gasteiger partial charge is 0.331 e. The van der Waals surface area contributed by atoms with E-state index in [1.807, 2.05) is 29.2 Å². The van der Waals surface area contributed by atoms with Crippen molar-refractivity contribution in [3.8, 4) is 0 Å². The van der Waals surface area contributed by atoms with Crippen molar-refractivity contribution in [2.75, 3.05) is 6.54 Å². The Morgan fingerprint density at radius 2 is 2.10 bits per heavy atom. The number of nitrogens with zero attached hydrogens (tertiary/aromatic N) is 1. The number of carbonyl (C=O) groups is 1. The van der Waals surface area contributed by atoms with Crippen molar-refractivity contribution in [3.05, 3.63) is 65.6 Å². The summed E-state index contributed by atoms with van der Waals surface area (Å²) in [6.45, 7) is 4.49. The van der Waals surface area contributed by atoms with E-state index >= 15 is 0 Å². The van der Waals surface area contributed by atoms with E-state index in [4.69, 9.17) is 0 Å². The average Bonchev–Trinajstić information content (AvgIpc) is 2.48. The molecule has 0 N–H and O–H groups in total. The van der Waals surface area contributed by atoms with Crippen LogP contribution in [0.15, 0.2) is 70.5 Å². The van der Waals surface area contributed by atoms with Crippen molar-refractivity contribution < 1.29 is 4.79 Å². The number of rotatable bonds is 3. The first-order valence-electron chi connectivity index (χ1n) is 6.82. The summed E-state index contributed by atoms with van der Waals surface area (Å²) in [5, 5.41) is 0. The van der Waals surface area contributed by atoms with Gasteiger partial charge in [-0.1, -0.05) is 48.7 Å². The summed E-state index contributed by atoms with van der Waals surface area (Å²) in [6, 6.07) is 10.5. The lowest BCUT2D eigenvalue weighted by molar-refractivity contribution is -0.128. The van der Waals surface area contributed by atoms with Gasteiger partial charge in [-0.25, -0.2) is 0 Å². The third-order valence-corrected chi connectivity index (χ3v) is 4.76. The lowest BCUT2D eigenvalue weighted by atomic mass is 9.97. The molecule has 1 amide bonds. The minimum Gasteiger partial charge on any atom is -0.331 e. The van der Waals surface area contributed by atoms with Gasteiger partial charge in [0.15, 0.2) is 0 Å². The molecule has 1 aromatic rings. The summed E-state index contributed by atoms with van der Waals surface area (Å²) >= 11 is 1.70. The Labute approximate surface area is 123 Å². The van der Waals surface area contributed by atoms with Crippen LogP contribution in [0.5, 0.6) is 0 Å². The molecule has 1 unspecified atom stereocenters. The Balaban J connectivity index is 1.75. The molecule has 20 heavy (non-hydrogen) atoms. The van der Waals surface area contributed by atoms with E-state index in [9.17, 15) is 4.79 Å². The molecule has 3 rings (SSSR count). The summed E-state index contributed by atoms with van der Waals surface area (Å²) in [7, 11) is 0. The van der Waals surface area contributed by atoms with Crippen LogP contribution in [0.2, 0.25) is 0 Å². The molecule has 2 heterocycles. The monoisotopic (exact) mass is 283 g/mol. The summed E-state index contributed by atoms with van der Waals surface area (Å²) in [5.41, 5.74) is 1.15. The maximum absolute atomic E-state index is 12.3. The quantitative estimate of drug-likeness (QED) is 0.841. The highest BCUT2D eigenvalue weighted by Crippen LogP contribution is 2.35. The molecule has 0 bridgehead atoms. The van der Waals surface area contributed by atoms with E-state index < -0.39 is 0 Å². The Morgan fingerprint density at radius 1 is 1.30 bits per heavy atom. The van der Waals surface area contributed by atoms with Crippen LogP contribution in [0.4, 0.5) is 0 Å². The van der Waals surface area contributed by atoms with Crippen LogP contribution < -0.4 is 0 Å². The number of amides is 1. The Bertz CT molecular complexity index is 588. The first-order chi connectivity index (χ1) is 9.76. The second-order valence-corrected chi connectivity index (χ2v) is 6.27. The average molecular weight is 283 g/mol. The van der Waals surface area contributed by atoms with Gasteiger partial charge >= 0.3 is 0 Å². The third kappa shape index (κ3) is 2.73. The van der Waals surface area contributed by atoms with Crippen molar-refractivity contribution in [3.63, 3.8) is 0 Å². The van der Waals surface area contributed by atoms with Gasteiger partial charge in [-0.15, -0.1) is 0 Å². The normalized spacial score (nSPS) is 21.9. The zero-order valence-electron chi connectivity index (χ0n) is 11.3. The number of thioether (sulfide) groups is 1. The predicted octanol–water partition coefficient (Wildman–Crippen LogP) is 3.78. The molecular formula is C17H17NOS. The van der Waals surface area contributed by atoms with Crippen LogP contribution in [0.3, 0.4) is 0 Å². The number of carbonyl (C=O) groups excluding carboxylic acids is 1. The molecule has 0 saturated heterocycles. The maximum Gasteiger partial charge on any atom is 0.247 e. The van der Waals surface area contributed by atoms with Gasteiger partial charge in [-0.05, 0) is 35.5 Å². The minimum atomic E-state index is 0.132. The first-order valence-corrected chi connectivity index (χ1v) is 7.63. The fourth-order valence-corrected chi connectivity index (χ4v) is 3.66. The topological polar surface area (TPSA) is 20.3 Å². The van der Waals surface area contributed by atoms with E-state index in [0.717, 1.165) is 23.3 Å². The molecule has 0 radical (unpaired) electrons. The maximum atomic E-state index is 12.3. The number of hydrogen-bond acceptors (Lipinski definition) is 2. The molecule has 102 valence electrons. The molecule has 0 fully saturated rings. The molecule has 0 spiro atoms. The Morgan fingerprint density at radius 3 is 2.85 bits per heavy atom. The third-order valence-electron chi connectivity index (χ3n) is 3.70. The zero-order chi connectivity index (χ0) is 13.9. The number of hydrogen-bond donors (Lipinski definition) is 0. The zero-order valence-corrected chi connectivity index (χ0v) is 12.1. The van der Waals surface area contributed by atoms with Gasteiger partial charge in [-0.2, -0.15) is 0 Å². The predicted molar refractivity (Wildman–Crippen MR) is 83.4 cm³/mol. The lowest BCUT2D eigenvalue weighted by Crippen LogP contribution is -2.45. The molecular weight excluding hydrogens is 266 g/mol. The molecule has 0 aliphatic carbocycles. The van der Waals surface area contributed by atoms with Crippen LogP contribution in [0.25, 0.3) is 0 Å². The standard InChI is InChI=1S/C17H17NOS/c1-2-13-8-9-14-10-16(11-17(19)18(14)12-13)20-15-6-4-3-5-7-15/h2-8,11,14H,1,9-10,12H2. The van der Waals surface area contributed by atoms with Crippen LogP contribution in [0, 0.1) is 0 Å². The summed E-state index contributed by atoms with van der Waals surface area (Å²) in [5.74, 6) is 0.132. The van der Waals surface area contributed by atoms with Crippen molar-refractivity contribution in [2.24, 2.45) is 0 Å². The second kappa shape index (κ2) is 5.71. The van der Waals surface area contributed by atoms with E-state index in [1.165, 1.54) is 4.90 Å². The SMILES string of the molecule is C=CC1=CCC2CC(Sc3ccccc3)=CC(=O)N2C1. The van der Waals surface area contributed by atoms with E-state index in [0.29, 0.717) is 12.6 Å². The van der Waals surface area contributed by atoms with Gasteiger partial charge < -0.3 is 4.90 Å². The number of fused-ring (bicyclic) bond motifs is 1. The molecule has 1 atom stereocenters. The van der Waals surface area contributed by atoms with Crippen molar-refractivity contribution in [1.82, 2.24) is 4.90 Å². The lowest BCUT2D eigenvalue weighted by Gasteiger charge is -2.37. The minimum absolute atomic E-state index is 0.132. The number of benzene rings is 1. The van der Waals surface area contributed by atoms with Gasteiger partial charge in [0.1, 0.15) is 0 Å². The van der Waals surface area contributed by atoms with E-state index in [-0.39, 0.29) is 5.91 Å². The van der Waals surface area contributed by atoms with Crippen molar-refractivity contribution in [1.29, 1.82) is 0 Å². The van der Waals surface area contributed by atoms with E-state index in [2.05, 4.69) is 24.8 Å². The van der Waals surface area contributed by atoms with Gasteiger partial charge in [-0.3, -0.25) is 4.79 Å². The van der Waals surface area contributed by atoms with Crippen LogP contribution in [0.1, 0.15) is 12.8 Å². The van der Waals surface area contributed by atoms with Crippen LogP contribution >= 0.6 is 11.8 Å². The molecule has 2 aliphatic rings. The molecule has 0 saturated carbocycles. The summed E-state index contributed by atoms with van der Waals surface area (Å²) in [4.78, 5) is 16.6. The molecule has 2 nitrogen and oxygen atoms in total. The fourth-order valence-electron chi connectivity index (χ4n) is 2.63. The molecule has 0 aromatic heterocycles. The van der Waals surface area contributed by atoms with Gasteiger partial charge in [0.25, 0.3) is 0 Å². The van der Waals surface area contributed by atoms with Gasteiger partial charge in [0.2, 0.25) is 5.91 Å². The molecule has 2 aliphatic heterocycles. The highest BCUT2D eigenvalue weighted by Gasteiger charge is 2.30. The second-order valence-electron chi connectivity index (χ2n) is 5.07. The molecule has 3 heteroatoms. The Kier molecular flexibility index (Phi) is 3.79. The molecule has 1 aromatic carbocycles. The highest BCUT2D eigenvalue weighted by atomic mass is 32.2. The van der Waals surface area contributed by atoms with E-state index in [1.54, 1.807) is 17.8 Å². The van der Waals surface area contributed by atoms with Gasteiger partial charge in [0.05, 0.1) is 0 Å². The van der Waals surface area contributed by atoms with Crippen molar-refractivity contribution in [2.45, 2.75) is 23.8 Å². The fraction of sp³-hybridized carbons (Fsp3) is 0.235. The van der Waals surface area contributed by atoms with Crippen LogP contribution in [-0.4, -0.2) is 23.4 Å². The highest BCUT2D eigenvalue weighted by molar-refractivity contribution is 8.03. The first kappa shape index (κ1) is 13.3. The smallest absolute Gasteiger partial charge is 0.247 e.